The zero-order chi connectivity index (χ0) is 25.0. The Labute approximate surface area is 215 Å². The second-order valence-corrected chi connectivity index (χ2v) is 11.2. The third-order valence-electron chi connectivity index (χ3n) is 7.70. The van der Waals surface area contributed by atoms with Crippen molar-refractivity contribution in [3.8, 4) is 0 Å². The van der Waals surface area contributed by atoms with Crippen LogP contribution in [-0.4, -0.2) is 11.1 Å². The van der Waals surface area contributed by atoms with Gasteiger partial charge >= 0.3 is 5.97 Å². The number of rotatable bonds is 29. The summed E-state index contributed by atoms with van der Waals surface area (Å²) in [6.07, 6.45) is 37.3. The molecule has 0 fully saturated rings. The maximum atomic E-state index is 11.0. The van der Waals surface area contributed by atoms with Crippen LogP contribution in [0, 0.1) is 5.92 Å². The van der Waals surface area contributed by atoms with E-state index in [4.69, 9.17) is 5.11 Å². The summed E-state index contributed by atoms with van der Waals surface area (Å²) in [5.74, 6) is 0.0245. The van der Waals surface area contributed by atoms with Crippen LogP contribution in [-0.2, 0) is 4.79 Å². The van der Waals surface area contributed by atoms with Gasteiger partial charge in [-0.05, 0) is 12.3 Å². The van der Waals surface area contributed by atoms with Gasteiger partial charge in [0.15, 0.2) is 0 Å². The zero-order valence-electron chi connectivity index (χ0n) is 23.7. The Morgan fingerprint density at radius 2 is 0.706 bits per heavy atom. The minimum atomic E-state index is -0.617. The molecular formula is C32H64O2. The van der Waals surface area contributed by atoms with E-state index >= 15 is 0 Å². The molecule has 204 valence electrons. The minimum absolute atomic E-state index is 0.362. The lowest BCUT2D eigenvalue weighted by molar-refractivity contribution is -0.137. The average Bonchev–Trinajstić information content (AvgIpc) is 2.83. The van der Waals surface area contributed by atoms with Gasteiger partial charge in [0.05, 0.1) is 0 Å². The van der Waals surface area contributed by atoms with Gasteiger partial charge in [0.2, 0.25) is 0 Å². The smallest absolute Gasteiger partial charge is 0.303 e. The van der Waals surface area contributed by atoms with Crippen LogP contribution in [0.2, 0.25) is 0 Å². The first kappa shape index (κ1) is 33.5. The number of carboxylic acids is 1. The standard InChI is InChI=1S/C32H64O2/c1-3-5-7-9-11-13-15-16-17-18-20-22-24-26-28-31(29-30-32(33)34)27-25-23-21-19-14-12-10-8-6-4-2/h31H,3-30H2,1-2H3,(H,33,34). The molecule has 34 heavy (non-hydrogen) atoms. The molecule has 2 nitrogen and oxygen atoms in total. The fourth-order valence-corrected chi connectivity index (χ4v) is 5.31. The van der Waals surface area contributed by atoms with Crippen LogP contribution in [0.15, 0.2) is 0 Å². The number of hydrogen-bond acceptors (Lipinski definition) is 1. The molecule has 0 bridgehead atoms. The molecule has 1 N–H and O–H groups in total. The van der Waals surface area contributed by atoms with Crippen molar-refractivity contribution in [2.45, 2.75) is 194 Å². The Morgan fingerprint density at radius 1 is 0.441 bits per heavy atom. The Morgan fingerprint density at radius 3 is 0.971 bits per heavy atom. The zero-order valence-corrected chi connectivity index (χ0v) is 23.7. The molecule has 0 aromatic carbocycles. The van der Waals surface area contributed by atoms with Crippen LogP contribution in [0.25, 0.3) is 0 Å². The Bertz CT molecular complexity index is 392. The monoisotopic (exact) mass is 480 g/mol. The van der Waals surface area contributed by atoms with Crippen molar-refractivity contribution in [2.24, 2.45) is 5.92 Å². The summed E-state index contributed by atoms with van der Waals surface area (Å²) in [6, 6.07) is 0. The summed E-state index contributed by atoms with van der Waals surface area (Å²) in [4.78, 5) is 11.0. The van der Waals surface area contributed by atoms with E-state index in [-0.39, 0.29) is 0 Å². The Kier molecular flexibility index (Phi) is 28.3. The molecule has 0 aromatic heterocycles. The quantitative estimate of drug-likeness (QED) is 0.108. The summed E-state index contributed by atoms with van der Waals surface area (Å²) in [5.41, 5.74) is 0. The van der Waals surface area contributed by atoms with Crippen molar-refractivity contribution in [3.63, 3.8) is 0 Å². The lowest BCUT2D eigenvalue weighted by Crippen LogP contribution is -2.05. The van der Waals surface area contributed by atoms with Gasteiger partial charge in [0, 0.05) is 6.42 Å². The predicted molar refractivity (Wildman–Crippen MR) is 152 cm³/mol. The molecule has 0 spiro atoms. The molecule has 0 rings (SSSR count). The third kappa shape index (κ3) is 27.7. The fraction of sp³-hybridized carbons (Fsp3) is 0.969. The molecular weight excluding hydrogens is 416 g/mol. The van der Waals surface area contributed by atoms with Crippen molar-refractivity contribution in [2.75, 3.05) is 0 Å². The first-order chi connectivity index (χ1) is 16.7. The third-order valence-corrected chi connectivity index (χ3v) is 7.70. The number of carbonyl (C=O) groups is 1. The van der Waals surface area contributed by atoms with Crippen LogP contribution in [0.5, 0.6) is 0 Å². The van der Waals surface area contributed by atoms with E-state index in [2.05, 4.69) is 13.8 Å². The van der Waals surface area contributed by atoms with Gasteiger partial charge in [-0.25, -0.2) is 0 Å². The highest BCUT2D eigenvalue weighted by Crippen LogP contribution is 2.23. The van der Waals surface area contributed by atoms with Gasteiger partial charge in [-0.1, -0.05) is 181 Å². The molecule has 0 aliphatic rings. The van der Waals surface area contributed by atoms with Gasteiger partial charge in [0.25, 0.3) is 0 Å². The van der Waals surface area contributed by atoms with Crippen LogP contribution >= 0.6 is 0 Å². The average molecular weight is 481 g/mol. The van der Waals surface area contributed by atoms with E-state index in [0.29, 0.717) is 12.3 Å². The Balaban J connectivity index is 3.59. The largest absolute Gasteiger partial charge is 0.481 e. The molecule has 1 atom stereocenters. The molecule has 0 aliphatic carbocycles. The van der Waals surface area contributed by atoms with Crippen molar-refractivity contribution in [3.05, 3.63) is 0 Å². The van der Waals surface area contributed by atoms with E-state index in [1.54, 1.807) is 0 Å². The summed E-state index contributed by atoms with van der Waals surface area (Å²) in [6.45, 7) is 4.57. The van der Waals surface area contributed by atoms with Crippen LogP contribution in [0.3, 0.4) is 0 Å². The molecule has 0 saturated carbocycles. The fourth-order valence-electron chi connectivity index (χ4n) is 5.31. The van der Waals surface area contributed by atoms with Gasteiger partial charge in [-0.3, -0.25) is 4.79 Å². The van der Waals surface area contributed by atoms with Crippen molar-refractivity contribution < 1.29 is 9.90 Å². The second-order valence-electron chi connectivity index (χ2n) is 11.2. The van der Waals surface area contributed by atoms with Gasteiger partial charge in [-0.15, -0.1) is 0 Å². The van der Waals surface area contributed by atoms with Gasteiger partial charge in [-0.2, -0.15) is 0 Å². The van der Waals surface area contributed by atoms with E-state index in [0.717, 1.165) is 6.42 Å². The summed E-state index contributed by atoms with van der Waals surface area (Å²) in [7, 11) is 0. The molecule has 0 radical (unpaired) electrons. The van der Waals surface area contributed by atoms with E-state index in [1.807, 2.05) is 0 Å². The van der Waals surface area contributed by atoms with E-state index in [1.165, 1.54) is 167 Å². The van der Waals surface area contributed by atoms with Gasteiger partial charge in [0.1, 0.15) is 0 Å². The maximum Gasteiger partial charge on any atom is 0.303 e. The minimum Gasteiger partial charge on any atom is -0.481 e. The number of carboxylic acid groups (broad SMARTS) is 1. The molecule has 0 amide bonds. The topological polar surface area (TPSA) is 37.3 Å². The number of unbranched alkanes of at least 4 members (excludes halogenated alkanes) is 22. The van der Waals surface area contributed by atoms with Crippen LogP contribution in [0.1, 0.15) is 194 Å². The highest BCUT2D eigenvalue weighted by molar-refractivity contribution is 5.66. The first-order valence-electron chi connectivity index (χ1n) is 15.9. The number of hydrogen-bond donors (Lipinski definition) is 1. The molecule has 0 aliphatic heterocycles. The highest BCUT2D eigenvalue weighted by Gasteiger charge is 2.11. The molecule has 0 saturated heterocycles. The van der Waals surface area contributed by atoms with Gasteiger partial charge < -0.3 is 5.11 Å². The first-order valence-corrected chi connectivity index (χ1v) is 15.9. The van der Waals surface area contributed by atoms with Crippen molar-refractivity contribution in [1.82, 2.24) is 0 Å². The molecule has 2 heteroatoms. The van der Waals surface area contributed by atoms with Crippen LogP contribution < -0.4 is 0 Å². The van der Waals surface area contributed by atoms with Crippen LogP contribution in [0.4, 0.5) is 0 Å². The lowest BCUT2D eigenvalue weighted by atomic mass is 9.90. The SMILES string of the molecule is CCCCCCCCCCCCCCCCC(CCCCCCCCCCCC)CCC(=O)O. The highest BCUT2D eigenvalue weighted by atomic mass is 16.4. The van der Waals surface area contributed by atoms with E-state index < -0.39 is 5.97 Å². The lowest BCUT2D eigenvalue weighted by Gasteiger charge is -2.16. The Hall–Kier alpha value is -0.530. The summed E-state index contributed by atoms with van der Waals surface area (Å²) < 4.78 is 0. The van der Waals surface area contributed by atoms with Crippen molar-refractivity contribution >= 4 is 5.97 Å². The van der Waals surface area contributed by atoms with Crippen molar-refractivity contribution in [1.29, 1.82) is 0 Å². The molecule has 0 heterocycles. The number of aliphatic carboxylic acids is 1. The summed E-state index contributed by atoms with van der Waals surface area (Å²) in [5, 5.41) is 9.10. The normalized spacial score (nSPS) is 12.3. The predicted octanol–water partition coefficient (Wildman–Crippen LogP) is 11.6. The molecule has 1 unspecified atom stereocenters. The maximum absolute atomic E-state index is 11.0. The molecule has 0 aromatic rings. The second kappa shape index (κ2) is 28.7. The van der Waals surface area contributed by atoms with E-state index in [9.17, 15) is 4.79 Å². The summed E-state index contributed by atoms with van der Waals surface area (Å²) >= 11 is 0.